The maximum Gasteiger partial charge on any atom is 0.251 e. The molecule has 0 saturated heterocycles. The number of carbonyl (C=O) groups excluding carboxylic acids is 3. The van der Waals surface area contributed by atoms with Gasteiger partial charge in [-0.15, -0.1) is 11.3 Å². The minimum absolute atomic E-state index is 0.202. The average molecular weight is 425 g/mol. The van der Waals surface area contributed by atoms with Crippen molar-refractivity contribution < 1.29 is 14.4 Å². The predicted molar refractivity (Wildman–Crippen MR) is 112 cm³/mol. The highest BCUT2D eigenvalue weighted by Crippen LogP contribution is 2.68. The summed E-state index contributed by atoms with van der Waals surface area (Å²) < 4.78 is 0. The van der Waals surface area contributed by atoms with Crippen LogP contribution in [0.2, 0.25) is 0 Å². The van der Waals surface area contributed by atoms with Crippen molar-refractivity contribution >= 4 is 29.1 Å². The first-order chi connectivity index (χ1) is 14.4. The molecule has 3 amide bonds. The predicted octanol–water partition coefficient (Wildman–Crippen LogP) is 1.89. The van der Waals surface area contributed by atoms with Gasteiger partial charge in [-0.25, -0.2) is 4.98 Å². The number of nitrogens with one attached hydrogen (secondary N) is 2. The van der Waals surface area contributed by atoms with E-state index in [9.17, 15) is 14.4 Å². The molecule has 2 heterocycles. The first kappa shape index (κ1) is 19.2. The zero-order valence-electron chi connectivity index (χ0n) is 16.8. The first-order valence-corrected chi connectivity index (χ1v) is 11.2. The summed E-state index contributed by atoms with van der Waals surface area (Å²) in [6, 6.07) is 8.21. The number of fused-ring (bicyclic) bond motifs is 1. The van der Waals surface area contributed by atoms with E-state index in [1.54, 1.807) is 42.5 Å². The number of hydrogen-bond acceptors (Lipinski definition) is 5. The van der Waals surface area contributed by atoms with Gasteiger partial charge >= 0.3 is 0 Å². The molecular weight excluding hydrogens is 400 g/mol. The summed E-state index contributed by atoms with van der Waals surface area (Å²) in [6.45, 7) is 3.06. The minimum Gasteiger partial charge on any atom is -0.349 e. The van der Waals surface area contributed by atoms with Crippen molar-refractivity contribution in [3.05, 3.63) is 52.0 Å². The molecule has 30 heavy (non-hydrogen) atoms. The Labute approximate surface area is 178 Å². The second kappa shape index (κ2) is 6.91. The lowest BCUT2D eigenvalue weighted by atomic mass is 9.39. The Morgan fingerprint density at radius 3 is 2.63 bits per heavy atom. The van der Waals surface area contributed by atoms with E-state index in [1.165, 1.54) is 4.88 Å². The Morgan fingerprint density at radius 1 is 1.17 bits per heavy atom. The van der Waals surface area contributed by atoms with Gasteiger partial charge in [-0.05, 0) is 38.3 Å². The van der Waals surface area contributed by atoms with Gasteiger partial charge < -0.3 is 15.5 Å². The summed E-state index contributed by atoms with van der Waals surface area (Å²) >= 11 is 1.61. The van der Waals surface area contributed by atoms with Crippen LogP contribution >= 0.6 is 11.3 Å². The van der Waals surface area contributed by atoms with Crippen LogP contribution < -0.4 is 10.6 Å². The molecule has 1 atom stereocenters. The van der Waals surface area contributed by atoms with E-state index < -0.39 is 6.04 Å². The first-order valence-electron chi connectivity index (χ1n) is 10.3. The number of amides is 3. The van der Waals surface area contributed by atoms with Gasteiger partial charge in [0.25, 0.3) is 5.91 Å². The molecule has 0 radical (unpaired) electrons. The summed E-state index contributed by atoms with van der Waals surface area (Å²) in [5.74, 6) is -0.259. The van der Waals surface area contributed by atoms with Gasteiger partial charge in [0.15, 0.2) is 0 Å². The Bertz CT molecular complexity index is 999. The summed E-state index contributed by atoms with van der Waals surface area (Å²) in [5.41, 5.74) is 2.90. The number of rotatable bonds is 5. The Balaban J connectivity index is 1.13. The molecule has 7 nitrogen and oxygen atoms in total. The van der Waals surface area contributed by atoms with Gasteiger partial charge in [0, 0.05) is 28.9 Å². The second-order valence-corrected chi connectivity index (χ2v) is 9.78. The molecule has 0 spiro atoms. The molecule has 3 saturated carbocycles. The van der Waals surface area contributed by atoms with E-state index in [2.05, 4.69) is 15.6 Å². The molecule has 4 aliphatic rings. The highest BCUT2D eigenvalue weighted by molar-refractivity contribution is 7.09. The topological polar surface area (TPSA) is 91.4 Å². The van der Waals surface area contributed by atoms with Crippen molar-refractivity contribution in [2.75, 3.05) is 6.54 Å². The third-order valence-electron chi connectivity index (χ3n) is 6.61. The summed E-state index contributed by atoms with van der Waals surface area (Å²) in [6.07, 6.45) is 2.89. The standard InChI is InChI=1S/C22H24N4O3S/c1-14(24-19(28)15-5-3-2-4-6-15)18(27)25-22-10-21(11-22,12-22)20(29)26-8-7-16-17(9-26)30-13-23-16/h2-6,13-14H,7-12H2,1H3,(H,24,28)(H,25,27). The van der Waals surface area contributed by atoms with Gasteiger partial charge in [0.1, 0.15) is 6.04 Å². The zero-order valence-corrected chi connectivity index (χ0v) is 17.6. The van der Waals surface area contributed by atoms with Crippen molar-refractivity contribution in [1.29, 1.82) is 0 Å². The van der Waals surface area contributed by atoms with Gasteiger partial charge in [-0.2, -0.15) is 0 Å². The van der Waals surface area contributed by atoms with Crippen molar-refractivity contribution in [2.24, 2.45) is 5.41 Å². The van der Waals surface area contributed by atoms with Gasteiger partial charge in [0.2, 0.25) is 11.8 Å². The van der Waals surface area contributed by atoms with Gasteiger partial charge in [0.05, 0.1) is 23.2 Å². The summed E-state index contributed by atoms with van der Waals surface area (Å²) in [5, 5.41) is 5.82. The third kappa shape index (κ3) is 3.10. The molecule has 2 bridgehead atoms. The van der Waals surface area contributed by atoms with E-state index in [0.29, 0.717) is 31.4 Å². The summed E-state index contributed by atoms with van der Waals surface area (Å²) in [4.78, 5) is 45.4. The number of thiazole rings is 1. The molecule has 1 aromatic carbocycles. The molecule has 1 unspecified atom stereocenters. The maximum absolute atomic E-state index is 13.1. The average Bonchev–Trinajstić information content (AvgIpc) is 3.17. The number of benzene rings is 1. The largest absolute Gasteiger partial charge is 0.349 e. The van der Waals surface area contributed by atoms with Crippen LogP contribution in [0.25, 0.3) is 0 Å². The van der Waals surface area contributed by atoms with Crippen molar-refractivity contribution in [3.63, 3.8) is 0 Å². The van der Waals surface area contributed by atoms with Crippen LogP contribution in [0.3, 0.4) is 0 Å². The van der Waals surface area contributed by atoms with Crippen molar-refractivity contribution in [3.8, 4) is 0 Å². The molecule has 1 aromatic heterocycles. The number of nitrogens with zero attached hydrogens (tertiary/aromatic N) is 2. The Morgan fingerprint density at radius 2 is 1.90 bits per heavy atom. The van der Waals surface area contributed by atoms with E-state index >= 15 is 0 Å². The quantitative estimate of drug-likeness (QED) is 0.767. The van der Waals surface area contributed by atoms with Crippen LogP contribution in [-0.4, -0.2) is 45.7 Å². The number of carbonyl (C=O) groups is 3. The molecule has 3 aliphatic carbocycles. The number of hydrogen-bond donors (Lipinski definition) is 2. The van der Waals surface area contributed by atoms with Crippen molar-refractivity contribution in [1.82, 2.24) is 20.5 Å². The van der Waals surface area contributed by atoms with Gasteiger partial charge in [-0.3, -0.25) is 14.4 Å². The SMILES string of the molecule is CC(NC(=O)c1ccccc1)C(=O)NC12CC(C(=O)N3CCc4ncsc4C3)(C1)C2. The fraction of sp³-hybridized carbons (Fsp3) is 0.455. The molecule has 1 aliphatic heterocycles. The van der Waals surface area contributed by atoms with E-state index in [0.717, 1.165) is 18.7 Å². The van der Waals surface area contributed by atoms with Gasteiger partial charge in [-0.1, -0.05) is 18.2 Å². The van der Waals surface area contributed by atoms with E-state index in [4.69, 9.17) is 0 Å². The molecule has 2 N–H and O–H groups in total. The lowest BCUT2D eigenvalue weighted by molar-refractivity contribution is -0.194. The van der Waals surface area contributed by atoms with Crippen LogP contribution in [0, 0.1) is 5.41 Å². The summed E-state index contributed by atoms with van der Waals surface area (Å²) in [7, 11) is 0. The monoisotopic (exact) mass is 424 g/mol. The molecule has 2 aromatic rings. The highest BCUT2D eigenvalue weighted by atomic mass is 32.1. The molecule has 156 valence electrons. The lowest BCUT2D eigenvalue weighted by Gasteiger charge is -2.70. The zero-order chi connectivity index (χ0) is 20.9. The van der Waals surface area contributed by atoms with Crippen LogP contribution in [0.5, 0.6) is 0 Å². The smallest absolute Gasteiger partial charge is 0.251 e. The van der Waals surface area contributed by atoms with Crippen molar-refractivity contribution in [2.45, 2.75) is 50.7 Å². The second-order valence-electron chi connectivity index (χ2n) is 8.84. The molecule has 3 fully saturated rings. The van der Waals surface area contributed by atoms with E-state index in [1.807, 2.05) is 16.5 Å². The fourth-order valence-corrected chi connectivity index (χ4v) is 5.91. The third-order valence-corrected chi connectivity index (χ3v) is 7.47. The van der Waals surface area contributed by atoms with Crippen LogP contribution in [0.15, 0.2) is 35.8 Å². The van der Waals surface area contributed by atoms with Crippen LogP contribution in [-0.2, 0) is 22.6 Å². The molecule has 6 rings (SSSR count). The fourth-order valence-electron chi connectivity index (χ4n) is 5.08. The Hall–Kier alpha value is -2.74. The van der Waals surface area contributed by atoms with Crippen LogP contribution in [0.1, 0.15) is 47.1 Å². The minimum atomic E-state index is -0.634. The van der Waals surface area contributed by atoms with Crippen LogP contribution in [0.4, 0.5) is 0 Å². The number of aromatic nitrogens is 1. The normalized spacial score (nSPS) is 27.2. The maximum atomic E-state index is 13.1. The molecule has 8 heteroatoms. The molecular formula is C22H24N4O3S. The Kier molecular flexibility index (Phi) is 4.43. The lowest BCUT2D eigenvalue weighted by Crippen LogP contribution is -2.79. The highest BCUT2D eigenvalue weighted by Gasteiger charge is 2.72. The van der Waals surface area contributed by atoms with E-state index in [-0.39, 0.29) is 28.7 Å².